The van der Waals surface area contributed by atoms with E-state index in [4.69, 9.17) is 4.74 Å². The summed E-state index contributed by atoms with van der Waals surface area (Å²) in [5, 5.41) is 16.0. The molecule has 7 heteroatoms. The van der Waals surface area contributed by atoms with Crippen molar-refractivity contribution in [2.75, 3.05) is 13.2 Å². The van der Waals surface area contributed by atoms with Crippen LogP contribution in [0.1, 0.15) is 49.4 Å². The van der Waals surface area contributed by atoms with Crippen molar-refractivity contribution >= 4 is 29.9 Å². The van der Waals surface area contributed by atoms with Crippen LogP contribution in [0.2, 0.25) is 0 Å². The lowest BCUT2D eigenvalue weighted by Gasteiger charge is -2.19. The maximum absolute atomic E-state index is 14.4. The van der Waals surface area contributed by atoms with Crippen molar-refractivity contribution in [3.8, 4) is 5.75 Å². The molecule has 1 unspecified atom stereocenters. The van der Waals surface area contributed by atoms with Gasteiger partial charge in [-0.1, -0.05) is 30.3 Å². The third-order valence-electron chi connectivity index (χ3n) is 5.02. The molecule has 0 radical (unpaired) electrons. The summed E-state index contributed by atoms with van der Waals surface area (Å²) in [4.78, 5) is 4.62. The SMILES string of the molecule is CCNC(=NCc1ccccc1CO)NC(C)c1ccc(OCC2CC2)c(F)c1.I. The van der Waals surface area contributed by atoms with Gasteiger partial charge in [0.05, 0.1) is 25.8 Å². The van der Waals surface area contributed by atoms with Gasteiger partial charge in [0.1, 0.15) is 0 Å². The fourth-order valence-corrected chi connectivity index (χ4v) is 3.03. The average Bonchev–Trinajstić information content (AvgIpc) is 3.56. The largest absolute Gasteiger partial charge is 0.490 e. The van der Waals surface area contributed by atoms with E-state index in [1.54, 1.807) is 6.07 Å². The van der Waals surface area contributed by atoms with Gasteiger partial charge >= 0.3 is 0 Å². The molecule has 0 aliphatic heterocycles. The van der Waals surface area contributed by atoms with Gasteiger partial charge in [-0.2, -0.15) is 0 Å². The zero-order chi connectivity index (χ0) is 20.6. The Morgan fingerprint density at radius 3 is 2.60 bits per heavy atom. The molecule has 3 rings (SSSR count). The molecule has 2 aromatic rings. The minimum Gasteiger partial charge on any atom is -0.490 e. The van der Waals surface area contributed by atoms with E-state index in [1.165, 1.54) is 18.9 Å². The van der Waals surface area contributed by atoms with Crippen LogP contribution in [0.25, 0.3) is 0 Å². The number of halogens is 2. The van der Waals surface area contributed by atoms with Crippen molar-refractivity contribution in [1.29, 1.82) is 0 Å². The summed E-state index contributed by atoms with van der Waals surface area (Å²) < 4.78 is 20.0. The highest BCUT2D eigenvalue weighted by molar-refractivity contribution is 14.0. The minimum absolute atomic E-state index is 0. The molecule has 1 aliphatic carbocycles. The van der Waals surface area contributed by atoms with E-state index in [0.717, 1.165) is 16.7 Å². The van der Waals surface area contributed by atoms with Gasteiger partial charge in [-0.05, 0) is 61.4 Å². The van der Waals surface area contributed by atoms with Crippen LogP contribution in [-0.4, -0.2) is 24.2 Å². The fraction of sp³-hybridized carbons (Fsp3) is 0.435. The van der Waals surface area contributed by atoms with Gasteiger partial charge in [0.25, 0.3) is 0 Å². The summed E-state index contributed by atoms with van der Waals surface area (Å²) in [5.74, 6) is 1.20. The summed E-state index contributed by atoms with van der Waals surface area (Å²) in [6.07, 6.45) is 2.35. The van der Waals surface area contributed by atoms with Gasteiger partial charge in [-0.3, -0.25) is 0 Å². The van der Waals surface area contributed by atoms with Crippen molar-refractivity contribution in [3.05, 3.63) is 65.0 Å². The van der Waals surface area contributed by atoms with Crippen molar-refractivity contribution in [1.82, 2.24) is 10.6 Å². The number of guanidine groups is 1. The van der Waals surface area contributed by atoms with Gasteiger partial charge in [-0.25, -0.2) is 9.38 Å². The van der Waals surface area contributed by atoms with Crippen LogP contribution in [-0.2, 0) is 13.2 Å². The first-order valence-electron chi connectivity index (χ1n) is 10.3. The molecular formula is C23H31FIN3O2. The Balaban J connectivity index is 0.00000320. The monoisotopic (exact) mass is 527 g/mol. The molecule has 3 N–H and O–H groups in total. The highest BCUT2D eigenvalue weighted by Crippen LogP contribution is 2.30. The Morgan fingerprint density at radius 1 is 1.23 bits per heavy atom. The molecule has 2 aromatic carbocycles. The van der Waals surface area contributed by atoms with Crippen LogP contribution in [0.4, 0.5) is 4.39 Å². The summed E-state index contributed by atoms with van der Waals surface area (Å²) in [6.45, 7) is 5.70. The summed E-state index contributed by atoms with van der Waals surface area (Å²) >= 11 is 0. The standard InChI is InChI=1S/C23H30FN3O2.HI/c1-3-25-23(26-13-19-6-4-5-7-20(19)14-28)27-16(2)18-10-11-22(21(24)12-18)29-15-17-8-9-17;/h4-7,10-12,16-17,28H,3,8-9,13-15H2,1-2H3,(H2,25,26,27);1H. The maximum atomic E-state index is 14.4. The van der Waals surface area contributed by atoms with Crippen LogP contribution in [0.3, 0.4) is 0 Å². The van der Waals surface area contributed by atoms with Crippen molar-refractivity contribution in [2.24, 2.45) is 10.9 Å². The minimum atomic E-state index is -0.337. The van der Waals surface area contributed by atoms with Crippen molar-refractivity contribution in [2.45, 2.75) is 45.9 Å². The van der Waals surface area contributed by atoms with Gasteiger partial charge in [0.15, 0.2) is 17.5 Å². The molecule has 164 valence electrons. The van der Waals surface area contributed by atoms with Gasteiger partial charge in [0.2, 0.25) is 0 Å². The van der Waals surface area contributed by atoms with Crippen LogP contribution in [0.15, 0.2) is 47.5 Å². The molecular weight excluding hydrogens is 496 g/mol. The van der Waals surface area contributed by atoms with E-state index in [1.807, 2.05) is 44.2 Å². The summed E-state index contributed by atoms with van der Waals surface area (Å²) in [5.41, 5.74) is 2.66. The molecule has 1 saturated carbocycles. The first-order valence-corrected chi connectivity index (χ1v) is 10.3. The Hall–Kier alpha value is -1.87. The number of hydrogen-bond donors (Lipinski definition) is 3. The second-order valence-corrected chi connectivity index (χ2v) is 7.43. The molecule has 1 fully saturated rings. The number of aliphatic imine (C=N–C) groups is 1. The first-order chi connectivity index (χ1) is 14.1. The average molecular weight is 527 g/mol. The Morgan fingerprint density at radius 2 is 1.97 bits per heavy atom. The number of rotatable bonds is 9. The zero-order valence-corrected chi connectivity index (χ0v) is 19.9. The first kappa shape index (κ1) is 24.4. The van der Waals surface area contributed by atoms with Gasteiger partial charge in [0, 0.05) is 6.54 Å². The third-order valence-corrected chi connectivity index (χ3v) is 5.02. The van der Waals surface area contributed by atoms with Gasteiger partial charge < -0.3 is 20.5 Å². The van der Waals surface area contributed by atoms with E-state index in [9.17, 15) is 9.50 Å². The molecule has 1 atom stereocenters. The van der Waals surface area contributed by atoms with Gasteiger partial charge in [-0.15, -0.1) is 24.0 Å². The van der Waals surface area contributed by atoms with E-state index >= 15 is 0 Å². The molecule has 30 heavy (non-hydrogen) atoms. The predicted octanol–water partition coefficient (Wildman–Crippen LogP) is 4.54. The number of nitrogens with zero attached hydrogens (tertiary/aromatic N) is 1. The van der Waals surface area contributed by atoms with Crippen LogP contribution >= 0.6 is 24.0 Å². The van der Waals surface area contributed by atoms with Crippen LogP contribution in [0, 0.1) is 11.7 Å². The topological polar surface area (TPSA) is 65.9 Å². The summed E-state index contributed by atoms with van der Waals surface area (Å²) in [6, 6.07) is 12.7. The fourth-order valence-electron chi connectivity index (χ4n) is 3.03. The molecule has 0 heterocycles. The Labute approximate surface area is 195 Å². The second kappa shape index (κ2) is 12.1. The number of ether oxygens (including phenoxy) is 1. The number of aliphatic hydroxyl groups is 1. The quantitative estimate of drug-likeness (QED) is 0.255. The lowest BCUT2D eigenvalue weighted by molar-refractivity contribution is 0.280. The Kier molecular flexibility index (Phi) is 9.84. The normalized spacial score (nSPS) is 14.6. The number of hydrogen-bond acceptors (Lipinski definition) is 3. The Bertz CT molecular complexity index is 843. The molecule has 0 amide bonds. The smallest absolute Gasteiger partial charge is 0.192 e. The molecule has 0 spiro atoms. The maximum Gasteiger partial charge on any atom is 0.192 e. The predicted molar refractivity (Wildman–Crippen MR) is 129 cm³/mol. The number of aliphatic hydroxyl groups excluding tert-OH is 1. The highest BCUT2D eigenvalue weighted by atomic mass is 127. The van der Waals surface area contributed by atoms with Crippen LogP contribution < -0.4 is 15.4 Å². The van der Waals surface area contributed by atoms with Crippen molar-refractivity contribution in [3.63, 3.8) is 0 Å². The highest BCUT2D eigenvalue weighted by Gasteiger charge is 2.22. The second-order valence-electron chi connectivity index (χ2n) is 7.43. The zero-order valence-electron chi connectivity index (χ0n) is 17.5. The van der Waals surface area contributed by atoms with E-state index < -0.39 is 0 Å². The molecule has 0 saturated heterocycles. The molecule has 1 aliphatic rings. The van der Waals surface area contributed by atoms with E-state index in [-0.39, 0.29) is 42.4 Å². The number of nitrogens with one attached hydrogen (secondary N) is 2. The van der Waals surface area contributed by atoms with Crippen LogP contribution in [0.5, 0.6) is 5.75 Å². The summed E-state index contributed by atoms with van der Waals surface area (Å²) in [7, 11) is 0. The third kappa shape index (κ3) is 7.12. The van der Waals surface area contributed by atoms with Crippen molar-refractivity contribution < 1.29 is 14.2 Å². The molecule has 0 bridgehead atoms. The number of benzene rings is 2. The molecule has 5 nitrogen and oxygen atoms in total. The lowest BCUT2D eigenvalue weighted by atomic mass is 10.1. The van der Waals surface area contributed by atoms with E-state index in [2.05, 4.69) is 15.6 Å². The molecule has 0 aromatic heterocycles. The van der Waals surface area contributed by atoms with E-state index in [0.29, 0.717) is 37.3 Å². The lowest BCUT2D eigenvalue weighted by Crippen LogP contribution is -2.38.